The van der Waals surface area contributed by atoms with Crippen LogP contribution in [0, 0.1) is 4.91 Å². The lowest BCUT2D eigenvalue weighted by Crippen LogP contribution is -2.26. The third-order valence-electron chi connectivity index (χ3n) is 1.84. The predicted octanol–water partition coefficient (Wildman–Crippen LogP) is 3.36. The first kappa shape index (κ1) is 11.5. The van der Waals surface area contributed by atoms with Gasteiger partial charge in [0.05, 0.1) is 6.04 Å². The van der Waals surface area contributed by atoms with Crippen LogP contribution in [-0.4, -0.2) is 12.0 Å². The molecule has 0 amide bonds. The quantitative estimate of drug-likeness (QED) is 0.567. The first-order valence-electron chi connectivity index (χ1n) is 4.34. The monoisotopic (exact) mass is 179 g/mol. The third kappa shape index (κ3) is 3.74. The molecule has 0 atom stereocenters. The molecule has 1 aliphatic rings. The number of halogens is 2. The van der Waals surface area contributed by atoms with Crippen LogP contribution in [0.15, 0.2) is 5.18 Å². The summed E-state index contributed by atoms with van der Waals surface area (Å²) in [4.78, 5) is 9.88. The van der Waals surface area contributed by atoms with E-state index in [-0.39, 0.29) is 31.7 Å². The number of nitrogens with zero attached hydrogens (tertiary/aromatic N) is 1. The highest BCUT2D eigenvalue weighted by molar-refractivity contribution is 4.80. The molecule has 72 valence electrons. The van der Waals surface area contributed by atoms with Gasteiger partial charge in [0, 0.05) is 12.8 Å². The van der Waals surface area contributed by atoms with E-state index in [1.54, 1.807) is 0 Å². The minimum atomic E-state index is -2.54. The normalized spacial score (nSPS) is 22.3. The van der Waals surface area contributed by atoms with E-state index in [1.165, 1.54) is 0 Å². The Hall–Kier alpha value is -0.540. The van der Waals surface area contributed by atoms with E-state index < -0.39 is 5.92 Å². The fourth-order valence-electron chi connectivity index (χ4n) is 1.13. The van der Waals surface area contributed by atoms with Crippen molar-refractivity contribution >= 4 is 0 Å². The number of hydrogen-bond donors (Lipinski definition) is 0. The van der Waals surface area contributed by atoms with Crippen LogP contribution < -0.4 is 0 Å². The first-order valence-corrected chi connectivity index (χ1v) is 4.34. The van der Waals surface area contributed by atoms with Gasteiger partial charge in [0.2, 0.25) is 5.92 Å². The summed E-state index contributed by atoms with van der Waals surface area (Å²) in [5, 5.41) is 2.73. The minimum Gasteiger partial charge on any atom is -0.207 e. The zero-order chi connectivity index (χ0) is 9.61. The summed E-state index contributed by atoms with van der Waals surface area (Å²) in [6.07, 6.45) is 0.139. The van der Waals surface area contributed by atoms with Crippen LogP contribution in [0.25, 0.3) is 0 Å². The maximum absolute atomic E-state index is 12.4. The van der Waals surface area contributed by atoms with Gasteiger partial charge in [-0.2, -0.15) is 4.91 Å². The van der Waals surface area contributed by atoms with Crippen molar-refractivity contribution in [2.24, 2.45) is 5.18 Å². The Bertz CT molecular complexity index is 129. The molecule has 0 aromatic carbocycles. The highest BCUT2D eigenvalue weighted by Crippen LogP contribution is 2.33. The molecule has 0 saturated heterocycles. The summed E-state index contributed by atoms with van der Waals surface area (Å²) in [5.74, 6) is -2.54. The zero-order valence-electron chi connectivity index (χ0n) is 7.52. The van der Waals surface area contributed by atoms with Gasteiger partial charge in [-0.05, 0) is 12.8 Å². The zero-order valence-corrected chi connectivity index (χ0v) is 7.52. The van der Waals surface area contributed by atoms with E-state index in [1.807, 2.05) is 13.8 Å². The van der Waals surface area contributed by atoms with Gasteiger partial charge < -0.3 is 0 Å². The lowest BCUT2D eigenvalue weighted by atomic mass is 9.93. The molecule has 1 aliphatic carbocycles. The van der Waals surface area contributed by atoms with Crippen LogP contribution in [0.5, 0.6) is 0 Å². The summed E-state index contributed by atoms with van der Waals surface area (Å²) in [5.41, 5.74) is 0. The topological polar surface area (TPSA) is 29.4 Å². The smallest absolute Gasteiger partial charge is 0.207 e. The van der Waals surface area contributed by atoms with Crippen molar-refractivity contribution in [3.63, 3.8) is 0 Å². The molecule has 0 bridgehead atoms. The standard InChI is InChI=1S/C6H9F2NO.C2H6/c7-6(8)3-1-5(9-10)2-4-6;1-2/h5H,1-4H2;1-2H3. The number of hydrogen-bond acceptors (Lipinski definition) is 2. The molecule has 0 aromatic rings. The highest BCUT2D eigenvalue weighted by Gasteiger charge is 2.35. The van der Waals surface area contributed by atoms with Crippen LogP contribution >= 0.6 is 0 Å². The lowest BCUT2D eigenvalue weighted by Gasteiger charge is -2.23. The lowest BCUT2D eigenvalue weighted by molar-refractivity contribution is -0.0374. The van der Waals surface area contributed by atoms with Crippen LogP contribution in [0.4, 0.5) is 8.78 Å². The van der Waals surface area contributed by atoms with Crippen molar-refractivity contribution in [3.8, 4) is 0 Å². The average Bonchev–Trinajstić information content (AvgIpc) is 2.08. The summed E-state index contributed by atoms with van der Waals surface area (Å²) >= 11 is 0. The maximum atomic E-state index is 12.4. The Kier molecular flexibility index (Phi) is 4.93. The van der Waals surface area contributed by atoms with Crippen molar-refractivity contribution in [1.82, 2.24) is 0 Å². The van der Waals surface area contributed by atoms with Gasteiger partial charge in [0.25, 0.3) is 0 Å². The van der Waals surface area contributed by atoms with E-state index in [2.05, 4.69) is 5.18 Å². The molecule has 0 unspecified atom stereocenters. The minimum absolute atomic E-state index is 0.177. The summed E-state index contributed by atoms with van der Waals surface area (Å²) in [7, 11) is 0. The van der Waals surface area contributed by atoms with E-state index in [9.17, 15) is 13.7 Å². The molecular formula is C8H15F2NO. The second-order valence-electron chi connectivity index (χ2n) is 2.69. The van der Waals surface area contributed by atoms with E-state index in [0.717, 1.165) is 0 Å². The predicted molar refractivity (Wildman–Crippen MR) is 44.3 cm³/mol. The average molecular weight is 179 g/mol. The molecule has 1 saturated carbocycles. The Morgan fingerprint density at radius 3 is 2.00 bits per heavy atom. The van der Waals surface area contributed by atoms with Crippen LogP contribution in [0.1, 0.15) is 39.5 Å². The number of nitroso groups, excluding NO2 is 1. The highest BCUT2D eigenvalue weighted by atomic mass is 19.3. The van der Waals surface area contributed by atoms with Crippen molar-refractivity contribution in [3.05, 3.63) is 4.91 Å². The molecule has 0 aromatic heterocycles. The molecule has 0 spiro atoms. The maximum Gasteiger partial charge on any atom is 0.248 e. The molecule has 0 aliphatic heterocycles. The number of rotatable bonds is 1. The van der Waals surface area contributed by atoms with Crippen molar-refractivity contribution in [1.29, 1.82) is 0 Å². The Morgan fingerprint density at radius 2 is 1.67 bits per heavy atom. The van der Waals surface area contributed by atoms with Gasteiger partial charge in [-0.3, -0.25) is 0 Å². The molecule has 1 rings (SSSR count). The van der Waals surface area contributed by atoms with E-state index >= 15 is 0 Å². The van der Waals surface area contributed by atoms with E-state index in [4.69, 9.17) is 0 Å². The van der Waals surface area contributed by atoms with Crippen LogP contribution in [-0.2, 0) is 0 Å². The van der Waals surface area contributed by atoms with Gasteiger partial charge in [-0.25, -0.2) is 8.78 Å². The van der Waals surface area contributed by atoms with Crippen LogP contribution in [0.2, 0.25) is 0 Å². The van der Waals surface area contributed by atoms with Gasteiger partial charge in [-0.15, -0.1) is 0 Å². The summed E-state index contributed by atoms with van der Waals surface area (Å²) < 4.78 is 24.7. The molecular weight excluding hydrogens is 164 g/mol. The fraction of sp³-hybridized carbons (Fsp3) is 1.00. The second-order valence-corrected chi connectivity index (χ2v) is 2.69. The van der Waals surface area contributed by atoms with Gasteiger partial charge in [0.1, 0.15) is 0 Å². The van der Waals surface area contributed by atoms with Crippen LogP contribution in [0.3, 0.4) is 0 Å². The second kappa shape index (κ2) is 5.17. The molecule has 1 fully saturated rings. The molecule has 0 heterocycles. The molecule has 4 heteroatoms. The fourth-order valence-corrected chi connectivity index (χ4v) is 1.13. The Morgan fingerprint density at radius 1 is 1.25 bits per heavy atom. The molecule has 12 heavy (non-hydrogen) atoms. The first-order chi connectivity index (χ1) is 5.64. The Balaban J connectivity index is 0.000000561. The van der Waals surface area contributed by atoms with E-state index in [0.29, 0.717) is 0 Å². The van der Waals surface area contributed by atoms with Crippen molar-refractivity contribution < 1.29 is 8.78 Å². The third-order valence-corrected chi connectivity index (χ3v) is 1.84. The van der Waals surface area contributed by atoms with Crippen molar-refractivity contribution in [2.75, 3.05) is 0 Å². The summed E-state index contributed by atoms with van der Waals surface area (Å²) in [6, 6.07) is -0.361. The summed E-state index contributed by atoms with van der Waals surface area (Å²) in [6.45, 7) is 4.00. The van der Waals surface area contributed by atoms with Gasteiger partial charge in [0.15, 0.2) is 0 Å². The SMILES string of the molecule is CC.O=NC1CCC(F)(F)CC1. The molecule has 0 N–H and O–H groups in total. The van der Waals surface area contributed by atoms with Gasteiger partial charge in [-0.1, -0.05) is 19.0 Å². The largest absolute Gasteiger partial charge is 0.248 e. The van der Waals surface area contributed by atoms with Crippen molar-refractivity contribution in [2.45, 2.75) is 51.5 Å². The molecule has 0 radical (unpaired) electrons. The number of alkyl halides is 2. The molecule has 2 nitrogen and oxygen atoms in total. The van der Waals surface area contributed by atoms with Gasteiger partial charge >= 0.3 is 0 Å². The Labute approximate surface area is 71.3 Å².